The molecule has 1 atom stereocenters. The van der Waals surface area contributed by atoms with Gasteiger partial charge in [0.05, 0.1) is 5.75 Å². The maximum Gasteiger partial charge on any atom is 0.253 e. The lowest BCUT2D eigenvalue weighted by Gasteiger charge is -2.16. The van der Waals surface area contributed by atoms with Gasteiger partial charge in [0.2, 0.25) is 10.0 Å². The van der Waals surface area contributed by atoms with Gasteiger partial charge in [-0.3, -0.25) is 4.79 Å². The molecule has 6 nitrogen and oxygen atoms in total. The standard InChI is InChI=1S/C16H22N2O4S/c19-16(15-7-4-10-22-15)17-14-6-3-5-13(11-14)12-23(20,21)18-8-1-2-9-18/h3,5-6,11,15H,1-2,4,7-10,12H2,(H,17,19)/t15-/m1/s1. The summed E-state index contributed by atoms with van der Waals surface area (Å²) < 4.78 is 31.6. The Balaban J connectivity index is 1.66. The Hall–Kier alpha value is -1.44. The van der Waals surface area contributed by atoms with E-state index in [1.807, 2.05) is 0 Å². The van der Waals surface area contributed by atoms with Crippen LogP contribution in [-0.4, -0.2) is 44.4 Å². The van der Waals surface area contributed by atoms with Crippen LogP contribution in [0.2, 0.25) is 0 Å². The lowest BCUT2D eigenvalue weighted by Crippen LogP contribution is -2.29. The predicted molar refractivity (Wildman–Crippen MR) is 87.5 cm³/mol. The van der Waals surface area contributed by atoms with E-state index in [2.05, 4.69) is 5.32 Å². The van der Waals surface area contributed by atoms with Crippen LogP contribution >= 0.6 is 0 Å². The molecule has 0 spiro atoms. The smallest absolute Gasteiger partial charge is 0.253 e. The topological polar surface area (TPSA) is 75.7 Å². The van der Waals surface area contributed by atoms with E-state index in [4.69, 9.17) is 4.74 Å². The second-order valence-electron chi connectivity index (χ2n) is 6.05. The van der Waals surface area contributed by atoms with Crippen LogP contribution < -0.4 is 5.32 Å². The molecular formula is C16H22N2O4S. The fraction of sp³-hybridized carbons (Fsp3) is 0.562. The molecule has 1 aromatic rings. The van der Waals surface area contributed by atoms with E-state index in [0.717, 1.165) is 25.7 Å². The number of sulfonamides is 1. The minimum absolute atomic E-state index is 0.0311. The number of nitrogens with zero attached hydrogens (tertiary/aromatic N) is 1. The Morgan fingerprint density at radius 3 is 2.74 bits per heavy atom. The van der Waals surface area contributed by atoms with Crippen LogP contribution in [0, 0.1) is 0 Å². The van der Waals surface area contributed by atoms with E-state index in [9.17, 15) is 13.2 Å². The quantitative estimate of drug-likeness (QED) is 0.887. The van der Waals surface area contributed by atoms with Crippen molar-refractivity contribution < 1.29 is 17.9 Å². The molecule has 0 aromatic heterocycles. The van der Waals surface area contributed by atoms with Crippen molar-refractivity contribution >= 4 is 21.6 Å². The summed E-state index contributed by atoms with van der Waals surface area (Å²) in [5.41, 5.74) is 1.29. The predicted octanol–water partition coefficient (Wildman–Crippen LogP) is 1.73. The highest BCUT2D eigenvalue weighted by Gasteiger charge is 2.26. The number of rotatable bonds is 5. The summed E-state index contributed by atoms with van der Waals surface area (Å²) in [5, 5.41) is 2.81. The van der Waals surface area contributed by atoms with Crippen molar-refractivity contribution in [2.24, 2.45) is 0 Å². The van der Waals surface area contributed by atoms with Crippen molar-refractivity contribution in [3.63, 3.8) is 0 Å². The van der Waals surface area contributed by atoms with Crippen LogP contribution in [0.5, 0.6) is 0 Å². The van der Waals surface area contributed by atoms with Gasteiger partial charge in [-0.15, -0.1) is 0 Å². The highest BCUT2D eigenvalue weighted by atomic mass is 32.2. The van der Waals surface area contributed by atoms with Gasteiger partial charge in [0, 0.05) is 25.4 Å². The van der Waals surface area contributed by atoms with E-state index in [1.165, 1.54) is 0 Å². The molecule has 2 aliphatic rings. The van der Waals surface area contributed by atoms with Gasteiger partial charge in [0.15, 0.2) is 0 Å². The fourth-order valence-electron chi connectivity index (χ4n) is 3.01. The second kappa shape index (κ2) is 6.98. The number of amides is 1. The average Bonchev–Trinajstić information content (AvgIpc) is 3.21. The van der Waals surface area contributed by atoms with Gasteiger partial charge in [-0.1, -0.05) is 12.1 Å². The molecule has 7 heteroatoms. The van der Waals surface area contributed by atoms with E-state index < -0.39 is 16.1 Å². The lowest BCUT2D eigenvalue weighted by molar-refractivity contribution is -0.124. The van der Waals surface area contributed by atoms with Gasteiger partial charge in [0.25, 0.3) is 5.91 Å². The summed E-state index contributed by atoms with van der Waals surface area (Å²) in [7, 11) is -3.28. The van der Waals surface area contributed by atoms with Crippen molar-refractivity contribution in [2.75, 3.05) is 25.0 Å². The maximum absolute atomic E-state index is 12.4. The minimum atomic E-state index is -3.28. The first kappa shape index (κ1) is 16.4. The van der Waals surface area contributed by atoms with E-state index in [1.54, 1.807) is 28.6 Å². The van der Waals surface area contributed by atoms with Crippen molar-refractivity contribution in [1.82, 2.24) is 4.31 Å². The Labute approximate surface area is 136 Å². The molecule has 23 heavy (non-hydrogen) atoms. The number of nitrogens with one attached hydrogen (secondary N) is 1. The Morgan fingerprint density at radius 2 is 2.04 bits per heavy atom. The lowest BCUT2D eigenvalue weighted by atomic mass is 10.2. The van der Waals surface area contributed by atoms with Crippen molar-refractivity contribution in [2.45, 2.75) is 37.5 Å². The molecule has 126 valence electrons. The molecule has 1 aromatic carbocycles. The number of hydrogen-bond donors (Lipinski definition) is 1. The molecule has 0 bridgehead atoms. The Kier molecular flexibility index (Phi) is 4.99. The van der Waals surface area contributed by atoms with Crippen LogP contribution in [0.15, 0.2) is 24.3 Å². The molecule has 2 fully saturated rings. The fourth-order valence-corrected chi connectivity index (χ4v) is 4.61. The molecule has 1 N–H and O–H groups in total. The number of carbonyl (C=O) groups is 1. The number of anilines is 1. The SMILES string of the molecule is O=C(Nc1cccc(CS(=O)(=O)N2CCCC2)c1)[C@H]1CCCO1. The number of ether oxygens (including phenoxy) is 1. The second-order valence-corrected chi connectivity index (χ2v) is 8.02. The first-order valence-electron chi connectivity index (χ1n) is 8.04. The van der Waals surface area contributed by atoms with Crippen molar-refractivity contribution in [1.29, 1.82) is 0 Å². The zero-order chi connectivity index (χ0) is 16.3. The molecule has 2 aliphatic heterocycles. The van der Waals surface area contributed by atoms with Gasteiger partial charge >= 0.3 is 0 Å². The number of carbonyl (C=O) groups excluding carboxylic acids is 1. The van der Waals surface area contributed by atoms with Crippen LogP contribution in [0.4, 0.5) is 5.69 Å². The van der Waals surface area contributed by atoms with Crippen LogP contribution in [0.25, 0.3) is 0 Å². The molecule has 3 rings (SSSR count). The average molecular weight is 338 g/mol. The third kappa shape index (κ3) is 4.10. The van der Waals surface area contributed by atoms with E-state index >= 15 is 0 Å². The highest BCUT2D eigenvalue weighted by Crippen LogP contribution is 2.20. The van der Waals surface area contributed by atoms with Crippen LogP contribution in [0.1, 0.15) is 31.2 Å². The normalized spacial score (nSPS) is 22.3. The first-order chi connectivity index (χ1) is 11.0. The van der Waals surface area contributed by atoms with Crippen LogP contribution in [-0.2, 0) is 25.3 Å². The maximum atomic E-state index is 12.4. The first-order valence-corrected chi connectivity index (χ1v) is 9.65. The van der Waals surface area contributed by atoms with Gasteiger partial charge in [0.1, 0.15) is 6.10 Å². The summed E-state index contributed by atoms with van der Waals surface area (Å²) in [6.07, 6.45) is 3.08. The number of benzene rings is 1. The van der Waals surface area contributed by atoms with Gasteiger partial charge in [-0.2, -0.15) is 0 Å². The Bertz CT molecular complexity index is 662. The zero-order valence-electron chi connectivity index (χ0n) is 13.0. The highest BCUT2D eigenvalue weighted by molar-refractivity contribution is 7.88. The largest absolute Gasteiger partial charge is 0.368 e. The Morgan fingerprint density at radius 1 is 1.26 bits per heavy atom. The summed E-state index contributed by atoms with van der Waals surface area (Å²) in [6, 6.07) is 7.02. The van der Waals surface area contributed by atoms with E-state index in [-0.39, 0.29) is 11.7 Å². The molecule has 0 aliphatic carbocycles. The summed E-state index contributed by atoms with van der Waals surface area (Å²) in [6.45, 7) is 1.84. The van der Waals surface area contributed by atoms with Gasteiger partial charge in [-0.05, 0) is 43.4 Å². The molecule has 2 heterocycles. The monoisotopic (exact) mass is 338 g/mol. The molecule has 2 saturated heterocycles. The van der Waals surface area contributed by atoms with Crippen LogP contribution in [0.3, 0.4) is 0 Å². The van der Waals surface area contributed by atoms with Gasteiger partial charge in [-0.25, -0.2) is 12.7 Å². The third-order valence-corrected chi connectivity index (χ3v) is 6.07. The molecule has 0 radical (unpaired) electrons. The minimum Gasteiger partial charge on any atom is -0.368 e. The van der Waals surface area contributed by atoms with Gasteiger partial charge < -0.3 is 10.1 Å². The van der Waals surface area contributed by atoms with Crippen molar-refractivity contribution in [3.05, 3.63) is 29.8 Å². The number of hydrogen-bond acceptors (Lipinski definition) is 4. The zero-order valence-corrected chi connectivity index (χ0v) is 13.8. The third-order valence-electron chi connectivity index (χ3n) is 4.22. The summed E-state index contributed by atoms with van der Waals surface area (Å²) >= 11 is 0. The molecule has 0 unspecified atom stereocenters. The molecule has 0 saturated carbocycles. The molecule has 1 amide bonds. The molecular weight excluding hydrogens is 316 g/mol. The van der Waals surface area contributed by atoms with Crippen molar-refractivity contribution in [3.8, 4) is 0 Å². The van der Waals surface area contributed by atoms with E-state index in [0.29, 0.717) is 30.9 Å². The summed E-state index contributed by atoms with van der Waals surface area (Å²) in [5.74, 6) is -0.196. The summed E-state index contributed by atoms with van der Waals surface area (Å²) in [4.78, 5) is 12.1.